The third-order valence-corrected chi connectivity index (χ3v) is 8.14. The molecule has 0 spiro atoms. The minimum absolute atomic E-state index is 0.189. The van der Waals surface area contributed by atoms with Gasteiger partial charge in [0.1, 0.15) is 10.4 Å². The van der Waals surface area contributed by atoms with Crippen LogP contribution in [0.25, 0.3) is 21.6 Å². The molecule has 1 saturated heterocycles. The van der Waals surface area contributed by atoms with Crippen LogP contribution in [0.2, 0.25) is 0 Å². The molecule has 0 atom stereocenters. The second kappa shape index (κ2) is 11.7. The summed E-state index contributed by atoms with van der Waals surface area (Å²) in [5.41, 5.74) is 6.13. The molecule has 0 aliphatic carbocycles. The number of amides is 1. The number of nitrogens with one attached hydrogen (secondary N) is 1. The molecule has 3 aromatic heterocycles. The van der Waals surface area contributed by atoms with Gasteiger partial charge in [0.25, 0.3) is 5.91 Å². The fraction of sp³-hybridized carbons (Fsp3) is 0.250. The molecule has 41 heavy (non-hydrogen) atoms. The molecule has 9 heteroatoms. The fourth-order valence-corrected chi connectivity index (χ4v) is 5.73. The summed E-state index contributed by atoms with van der Waals surface area (Å²) in [6.07, 6.45) is 3.45. The Bertz CT molecular complexity index is 1700. The van der Waals surface area contributed by atoms with Crippen LogP contribution in [0.5, 0.6) is 11.6 Å². The number of nitrogens with zero attached hydrogens (tertiary/aromatic N) is 5. The van der Waals surface area contributed by atoms with E-state index >= 15 is 0 Å². The monoisotopic (exact) mass is 564 g/mol. The van der Waals surface area contributed by atoms with Gasteiger partial charge in [0.05, 0.1) is 5.52 Å². The van der Waals surface area contributed by atoms with Gasteiger partial charge in [-0.3, -0.25) is 14.7 Å². The molecule has 2 aromatic carbocycles. The Hall–Kier alpha value is -4.18. The molecule has 1 aliphatic rings. The molecule has 1 N–H and O–H groups in total. The summed E-state index contributed by atoms with van der Waals surface area (Å²) in [5, 5.41) is 5.07. The maximum absolute atomic E-state index is 13.4. The molecule has 5 aromatic rings. The molecule has 1 aliphatic heterocycles. The van der Waals surface area contributed by atoms with Crippen molar-refractivity contribution >= 4 is 33.1 Å². The van der Waals surface area contributed by atoms with Crippen molar-refractivity contribution < 1.29 is 9.53 Å². The normalized spacial score (nSPS) is 14.3. The molecule has 1 fully saturated rings. The van der Waals surface area contributed by atoms with Crippen LogP contribution in [0.4, 0.5) is 5.69 Å². The Labute approximate surface area is 243 Å². The number of pyridine rings is 1. The number of thiophene rings is 1. The summed E-state index contributed by atoms with van der Waals surface area (Å²) in [5.74, 6) is 1.38. The van der Waals surface area contributed by atoms with E-state index in [1.807, 2.05) is 48.7 Å². The average Bonchev–Trinajstić information content (AvgIpc) is 3.45. The first kappa shape index (κ1) is 27.0. The number of anilines is 1. The number of rotatable bonds is 7. The minimum atomic E-state index is -0.189. The van der Waals surface area contributed by atoms with E-state index in [2.05, 4.69) is 51.2 Å². The van der Waals surface area contributed by atoms with Crippen LogP contribution >= 0.6 is 11.3 Å². The second-order valence-electron chi connectivity index (χ2n) is 10.6. The van der Waals surface area contributed by atoms with Gasteiger partial charge < -0.3 is 15.0 Å². The molecule has 6 rings (SSSR count). The van der Waals surface area contributed by atoms with Gasteiger partial charge in [0.15, 0.2) is 5.82 Å². The van der Waals surface area contributed by atoms with Crippen molar-refractivity contribution in [3.05, 3.63) is 94.6 Å². The van der Waals surface area contributed by atoms with Crippen LogP contribution in [0, 0.1) is 13.8 Å². The van der Waals surface area contributed by atoms with Gasteiger partial charge in [-0.25, -0.2) is 4.98 Å². The molecule has 0 saturated carbocycles. The summed E-state index contributed by atoms with van der Waals surface area (Å²) in [7, 11) is 2.16. The summed E-state index contributed by atoms with van der Waals surface area (Å²) in [4.78, 5) is 31.8. The van der Waals surface area contributed by atoms with Gasteiger partial charge in [-0.2, -0.15) is 4.98 Å². The van der Waals surface area contributed by atoms with E-state index in [1.165, 1.54) is 16.9 Å². The Kier molecular flexibility index (Phi) is 7.74. The van der Waals surface area contributed by atoms with E-state index in [4.69, 9.17) is 9.72 Å². The largest absolute Gasteiger partial charge is 0.437 e. The first-order valence-electron chi connectivity index (χ1n) is 13.7. The van der Waals surface area contributed by atoms with Gasteiger partial charge in [-0.15, -0.1) is 11.3 Å². The third-order valence-electron chi connectivity index (χ3n) is 7.25. The van der Waals surface area contributed by atoms with Gasteiger partial charge >= 0.3 is 0 Å². The number of hydrogen-bond donors (Lipinski definition) is 1. The number of aromatic nitrogens is 3. The fourth-order valence-electron chi connectivity index (χ4n) is 4.98. The van der Waals surface area contributed by atoms with Gasteiger partial charge in [-0.1, -0.05) is 12.1 Å². The maximum atomic E-state index is 13.4. The van der Waals surface area contributed by atoms with Crippen molar-refractivity contribution in [1.29, 1.82) is 0 Å². The van der Waals surface area contributed by atoms with Crippen LogP contribution in [-0.2, 0) is 6.54 Å². The smallest absolute Gasteiger partial charge is 0.255 e. The quantitative estimate of drug-likeness (QED) is 0.253. The Morgan fingerprint density at radius 3 is 2.68 bits per heavy atom. The highest BCUT2D eigenvalue weighted by molar-refractivity contribution is 7.17. The lowest BCUT2D eigenvalue weighted by Gasteiger charge is -2.32. The summed E-state index contributed by atoms with van der Waals surface area (Å²) in [6, 6.07) is 17.5. The zero-order valence-corrected chi connectivity index (χ0v) is 24.2. The standard InChI is InChI=1S/C32H32N6O2S/c1-21-15-23(20-38-12-10-37(3)11-13-38)17-26(16-21)34-31(39)24-7-6-22(2)28(18-24)40-32-29-27(8-14-41-29)35-30(36-32)25-5-4-9-33-19-25/h4-9,14-19H,10-13,20H2,1-3H3,(H,34,39). The number of aryl methyl sites for hydroxylation is 2. The maximum Gasteiger partial charge on any atom is 0.255 e. The molecule has 8 nitrogen and oxygen atoms in total. The van der Waals surface area contributed by atoms with Gasteiger partial charge in [0.2, 0.25) is 5.88 Å². The highest BCUT2D eigenvalue weighted by atomic mass is 32.1. The Morgan fingerprint density at radius 2 is 1.88 bits per heavy atom. The number of likely N-dealkylation sites (N-methyl/N-ethyl adjacent to an activating group) is 1. The molecule has 208 valence electrons. The lowest BCUT2D eigenvalue weighted by molar-refractivity contribution is 0.102. The first-order chi connectivity index (χ1) is 19.9. The molecular weight excluding hydrogens is 532 g/mol. The molecule has 0 radical (unpaired) electrons. The van der Waals surface area contributed by atoms with Crippen molar-refractivity contribution in [2.24, 2.45) is 0 Å². The first-order valence-corrected chi connectivity index (χ1v) is 14.6. The number of ether oxygens (including phenoxy) is 1. The summed E-state index contributed by atoms with van der Waals surface area (Å²) in [6.45, 7) is 9.14. The van der Waals surface area contributed by atoms with Crippen LogP contribution in [-0.4, -0.2) is 63.9 Å². The lowest BCUT2D eigenvalue weighted by atomic mass is 10.1. The number of benzene rings is 2. The SMILES string of the molecule is Cc1cc(CN2CCN(C)CC2)cc(NC(=O)c2ccc(C)c(Oc3nc(-c4cccnc4)nc4ccsc34)c2)c1. The van der Waals surface area contributed by atoms with Crippen LogP contribution in [0.1, 0.15) is 27.0 Å². The average molecular weight is 565 g/mol. The van der Waals surface area contributed by atoms with E-state index in [0.29, 0.717) is 23.0 Å². The number of carbonyl (C=O) groups excluding carboxylic acids is 1. The van der Waals surface area contributed by atoms with E-state index < -0.39 is 0 Å². The molecule has 4 heterocycles. The molecule has 0 bridgehead atoms. The Morgan fingerprint density at radius 1 is 1.02 bits per heavy atom. The van der Waals surface area contributed by atoms with E-state index in [1.54, 1.807) is 18.5 Å². The van der Waals surface area contributed by atoms with E-state index in [0.717, 1.165) is 65.3 Å². The number of carbonyl (C=O) groups is 1. The van der Waals surface area contributed by atoms with Gasteiger partial charge in [0, 0.05) is 61.9 Å². The van der Waals surface area contributed by atoms with Crippen molar-refractivity contribution in [2.45, 2.75) is 20.4 Å². The number of fused-ring (bicyclic) bond motifs is 1. The zero-order valence-electron chi connectivity index (χ0n) is 23.4. The van der Waals surface area contributed by atoms with Crippen molar-refractivity contribution in [2.75, 3.05) is 38.5 Å². The van der Waals surface area contributed by atoms with E-state index in [9.17, 15) is 4.79 Å². The summed E-state index contributed by atoms with van der Waals surface area (Å²) >= 11 is 1.52. The molecule has 1 amide bonds. The minimum Gasteiger partial charge on any atom is -0.437 e. The highest BCUT2D eigenvalue weighted by Gasteiger charge is 2.17. The third kappa shape index (κ3) is 6.27. The highest BCUT2D eigenvalue weighted by Crippen LogP contribution is 2.35. The zero-order chi connectivity index (χ0) is 28.3. The van der Waals surface area contributed by atoms with Crippen molar-refractivity contribution in [3.63, 3.8) is 0 Å². The van der Waals surface area contributed by atoms with Crippen molar-refractivity contribution in [1.82, 2.24) is 24.8 Å². The predicted molar refractivity (Wildman–Crippen MR) is 164 cm³/mol. The van der Waals surface area contributed by atoms with Crippen LogP contribution in [0.15, 0.2) is 72.4 Å². The van der Waals surface area contributed by atoms with Crippen molar-refractivity contribution in [3.8, 4) is 23.0 Å². The number of hydrogen-bond acceptors (Lipinski definition) is 8. The molecular formula is C32H32N6O2S. The van der Waals surface area contributed by atoms with E-state index in [-0.39, 0.29) is 5.91 Å². The van der Waals surface area contributed by atoms with Gasteiger partial charge in [-0.05, 0) is 85.4 Å². The summed E-state index contributed by atoms with van der Waals surface area (Å²) < 4.78 is 7.21. The Balaban J connectivity index is 1.22. The number of piperazine rings is 1. The molecule has 0 unspecified atom stereocenters. The second-order valence-corrected chi connectivity index (χ2v) is 11.5. The topological polar surface area (TPSA) is 83.5 Å². The van der Waals surface area contributed by atoms with Crippen LogP contribution < -0.4 is 10.1 Å². The predicted octanol–water partition coefficient (Wildman–Crippen LogP) is 6.16. The lowest BCUT2D eigenvalue weighted by Crippen LogP contribution is -2.43. The van der Waals surface area contributed by atoms with Crippen LogP contribution in [0.3, 0.4) is 0 Å².